The number of nitrogens with two attached hydrogens (primary N) is 1. The molecule has 18 heavy (non-hydrogen) atoms. The molecule has 0 saturated carbocycles. The maximum atomic E-state index is 11.2. The van der Waals surface area contributed by atoms with Crippen LogP contribution >= 0.6 is 0 Å². The summed E-state index contributed by atoms with van der Waals surface area (Å²) < 4.78 is 14.4. The van der Waals surface area contributed by atoms with Crippen molar-refractivity contribution in [2.24, 2.45) is 0 Å². The molecule has 6 heteroatoms. The standard InChI is InChI=1S/C12H15NO5/c1-2-16-11(14)8-18-12(15)7-17-10-5-3-9(13)4-6-10/h3-6H,2,7-8,13H2,1H3. The highest BCUT2D eigenvalue weighted by molar-refractivity contribution is 5.77. The minimum atomic E-state index is -0.639. The van der Waals surface area contributed by atoms with Crippen LogP contribution in [0, 0.1) is 0 Å². The lowest BCUT2D eigenvalue weighted by Gasteiger charge is -2.06. The van der Waals surface area contributed by atoms with E-state index in [1.54, 1.807) is 31.2 Å². The third-order valence-corrected chi connectivity index (χ3v) is 1.89. The Morgan fingerprint density at radius 1 is 1.06 bits per heavy atom. The molecule has 0 amide bonds. The van der Waals surface area contributed by atoms with Gasteiger partial charge in [0.2, 0.25) is 0 Å². The lowest BCUT2D eigenvalue weighted by atomic mass is 10.3. The smallest absolute Gasteiger partial charge is 0.344 e. The predicted molar refractivity (Wildman–Crippen MR) is 63.9 cm³/mol. The first-order valence-electron chi connectivity index (χ1n) is 5.41. The summed E-state index contributed by atoms with van der Waals surface area (Å²) in [6, 6.07) is 6.57. The SMILES string of the molecule is CCOC(=O)COC(=O)COc1ccc(N)cc1. The van der Waals surface area contributed by atoms with Gasteiger partial charge in [-0.15, -0.1) is 0 Å². The van der Waals surface area contributed by atoms with E-state index >= 15 is 0 Å². The van der Waals surface area contributed by atoms with Gasteiger partial charge in [-0.1, -0.05) is 0 Å². The molecule has 0 aromatic heterocycles. The van der Waals surface area contributed by atoms with Gasteiger partial charge >= 0.3 is 11.9 Å². The van der Waals surface area contributed by atoms with Crippen LogP contribution in [-0.2, 0) is 19.1 Å². The van der Waals surface area contributed by atoms with Crippen molar-refractivity contribution in [2.75, 3.05) is 25.6 Å². The number of carbonyl (C=O) groups excluding carboxylic acids is 2. The number of rotatable bonds is 6. The van der Waals surface area contributed by atoms with Crippen molar-refractivity contribution >= 4 is 17.6 Å². The van der Waals surface area contributed by atoms with Crippen LogP contribution in [0.2, 0.25) is 0 Å². The summed E-state index contributed by atoms with van der Waals surface area (Å²) in [5.74, 6) is -0.726. The first kappa shape index (κ1) is 13.8. The van der Waals surface area contributed by atoms with Gasteiger partial charge < -0.3 is 19.9 Å². The van der Waals surface area contributed by atoms with Crippen LogP contribution in [0.5, 0.6) is 5.75 Å². The topological polar surface area (TPSA) is 87.8 Å². The van der Waals surface area contributed by atoms with Crippen molar-refractivity contribution in [3.8, 4) is 5.75 Å². The zero-order valence-corrected chi connectivity index (χ0v) is 10.0. The van der Waals surface area contributed by atoms with Crippen LogP contribution in [0.25, 0.3) is 0 Å². The molecular formula is C12H15NO5. The summed E-state index contributed by atoms with van der Waals surface area (Å²) in [5.41, 5.74) is 6.10. The lowest BCUT2D eigenvalue weighted by molar-refractivity contribution is -0.159. The number of carbonyl (C=O) groups is 2. The number of ether oxygens (including phenoxy) is 3. The molecule has 1 aromatic carbocycles. The lowest BCUT2D eigenvalue weighted by Crippen LogP contribution is -2.20. The molecule has 0 spiro atoms. The summed E-state index contributed by atoms with van der Waals surface area (Å²) in [7, 11) is 0. The summed E-state index contributed by atoms with van der Waals surface area (Å²) in [6.07, 6.45) is 0. The minimum Gasteiger partial charge on any atom is -0.482 e. The molecule has 0 saturated heterocycles. The van der Waals surface area contributed by atoms with E-state index in [9.17, 15) is 9.59 Å². The molecule has 0 fully saturated rings. The Morgan fingerprint density at radius 3 is 2.28 bits per heavy atom. The van der Waals surface area contributed by atoms with Gasteiger partial charge in [0, 0.05) is 5.69 Å². The average molecular weight is 253 g/mol. The van der Waals surface area contributed by atoms with Crippen LogP contribution in [0.1, 0.15) is 6.92 Å². The van der Waals surface area contributed by atoms with E-state index in [1.807, 2.05) is 0 Å². The van der Waals surface area contributed by atoms with Gasteiger partial charge in [-0.25, -0.2) is 9.59 Å². The van der Waals surface area contributed by atoms with Crippen molar-refractivity contribution in [1.29, 1.82) is 0 Å². The highest BCUT2D eigenvalue weighted by Gasteiger charge is 2.08. The molecular weight excluding hydrogens is 238 g/mol. The molecule has 98 valence electrons. The largest absolute Gasteiger partial charge is 0.482 e. The second kappa shape index (κ2) is 7.16. The van der Waals surface area contributed by atoms with E-state index in [1.165, 1.54) is 0 Å². The average Bonchev–Trinajstić information content (AvgIpc) is 2.36. The molecule has 0 bridgehead atoms. The van der Waals surface area contributed by atoms with Crippen LogP contribution in [-0.4, -0.2) is 31.8 Å². The van der Waals surface area contributed by atoms with Crippen LogP contribution in [0.15, 0.2) is 24.3 Å². The molecule has 0 aliphatic carbocycles. The van der Waals surface area contributed by atoms with Crippen molar-refractivity contribution in [3.63, 3.8) is 0 Å². The van der Waals surface area contributed by atoms with Crippen molar-refractivity contribution < 1.29 is 23.8 Å². The van der Waals surface area contributed by atoms with Crippen LogP contribution in [0.4, 0.5) is 5.69 Å². The highest BCUT2D eigenvalue weighted by Crippen LogP contribution is 2.12. The molecule has 0 atom stereocenters. The van der Waals surface area contributed by atoms with E-state index < -0.39 is 18.5 Å². The summed E-state index contributed by atoms with van der Waals surface area (Å²) in [6.45, 7) is 1.24. The second-order valence-electron chi connectivity index (χ2n) is 3.32. The first-order chi connectivity index (χ1) is 8.61. The summed E-state index contributed by atoms with van der Waals surface area (Å²) in [4.78, 5) is 22.1. The summed E-state index contributed by atoms with van der Waals surface area (Å²) in [5, 5.41) is 0. The van der Waals surface area contributed by atoms with Crippen molar-refractivity contribution in [2.45, 2.75) is 6.92 Å². The second-order valence-corrected chi connectivity index (χ2v) is 3.32. The highest BCUT2D eigenvalue weighted by atomic mass is 16.6. The monoisotopic (exact) mass is 253 g/mol. The molecule has 6 nitrogen and oxygen atoms in total. The first-order valence-corrected chi connectivity index (χ1v) is 5.41. The fourth-order valence-corrected chi connectivity index (χ4v) is 1.09. The maximum absolute atomic E-state index is 11.2. The van der Waals surface area contributed by atoms with Gasteiger partial charge in [-0.2, -0.15) is 0 Å². The molecule has 0 radical (unpaired) electrons. The molecule has 0 aliphatic rings. The van der Waals surface area contributed by atoms with Gasteiger partial charge in [0.25, 0.3) is 0 Å². The van der Waals surface area contributed by atoms with Crippen LogP contribution < -0.4 is 10.5 Å². The molecule has 0 unspecified atom stereocenters. The molecule has 1 aromatic rings. The van der Waals surface area contributed by atoms with Gasteiger partial charge in [-0.05, 0) is 31.2 Å². The molecule has 0 heterocycles. The quantitative estimate of drug-likeness (QED) is 0.594. The minimum absolute atomic E-state index is 0.248. The Bertz CT molecular complexity index is 401. The third kappa shape index (κ3) is 5.20. The van der Waals surface area contributed by atoms with Gasteiger partial charge in [0.15, 0.2) is 13.2 Å². The predicted octanol–water partition coefficient (Wildman–Crippen LogP) is 0.754. The molecule has 1 rings (SSSR count). The normalized spacial score (nSPS) is 9.61. The van der Waals surface area contributed by atoms with Gasteiger partial charge in [0.1, 0.15) is 5.75 Å². The Morgan fingerprint density at radius 2 is 1.67 bits per heavy atom. The molecule has 2 N–H and O–H groups in total. The Balaban J connectivity index is 2.24. The van der Waals surface area contributed by atoms with E-state index in [2.05, 4.69) is 9.47 Å². The number of hydrogen-bond acceptors (Lipinski definition) is 6. The fourth-order valence-electron chi connectivity index (χ4n) is 1.09. The van der Waals surface area contributed by atoms with E-state index in [4.69, 9.17) is 10.5 Å². The summed E-state index contributed by atoms with van der Waals surface area (Å²) >= 11 is 0. The van der Waals surface area contributed by atoms with Crippen molar-refractivity contribution in [1.82, 2.24) is 0 Å². The van der Waals surface area contributed by atoms with E-state index in [0.29, 0.717) is 11.4 Å². The van der Waals surface area contributed by atoms with E-state index in [-0.39, 0.29) is 13.2 Å². The fraction of sp³-hybridized carbons (Fsp3) is 0.333. The van der Waals surface area contributed by atoms with Gasteiger partial charge in [-0.3, -0.25) is 0 Å². The number of anilines is 1. The van der Waals surface area contributed by atoms with Crippen LogP contribution in [0.3, 0.4) is 0 Å². The zero-order chi connectivity index (χ0) is 13.4. The zero-order valence-electron chi connectivity index (χ0n) is 10.0. The Kier molecular flexibility index (Phi) is 5.50. The Hall–Kier alpha value is -2.24. The number of esters is 2. The third-order valence-electron chi connectivity index (χ3n) is 1.89. The van der Waals surface area contributed by atoms with Crippen molar-refractivity contribution in [3.05, 3.63) is 24.3 Å². The number of hydrogen-bond donors (Lipinski definition) is 1. The maximum Gasteiger partial charge on any atom is 0.344 e. The number of benzene rings is 1. The molecule has 0 aliphatic heterocycles. The van der Waals surface area contributed by atoms with Gasteiger partial charge in [0.05, 0.1) is 6.61 Å². The number of nitrogen functional groups attached to an aromatic ring is 1. The Labute approximate surface area is 105 Å². The van der Waals surface area contributed by atoms with E-state index in [0.717, 1.165) is 0 Å².